The lowest BCUT2D eigenvalue weighted by Crippen LogP contribution is -2.16. The van der Waals surface area contributed by atoms with Crippen molar-refractivity contribution in [2.45, 2.75) is 20.3 Å². The molecule has 7 heteroatoms. The van der Waals surface area contributed by atoms with Gasteiger partial charge in [0.05, 0.1) is 12.1 Å². The first-order valence-electron chi connectivity index (χ1n) is 8.23. The van der Waals surface area contributed by atoms with Crippen LogP contribution in [-0.4, -0.2) is 26.1 Å². The Balaban J connectivity index is 1.59. The predicted molar refractivity (Wildman–Crippen MR) is 97.2 cm³/mol. The van der Waals surface area contributed by atoms with Gasteiger partial charge in [-0.05, 0) is 48.0 Å². The van der Waals surface area contributed by atoms with Crippen molar-refractivity contribution in [1.29, 1.82) is 0 Å². The molecule has 0 aliphatic rings. The minimum atomic E-state index is -0.100. The molecule has 4 rings (SSSR count). The third-order valence-electron chi connectivity index (χ3n) is 4.41. The van der Waals surface area contributed by atoms with Crippen LogP contribution in [0.25, 0.3) is 16.7 Å². The molecule has 2 aromatic carbocycles. The average molecular weight is 347 g/mol. The number of nitrogens with one attached hydrogen (secondary N) is 1. The van der Waals surface area contributed by atoms with Gasteiger partial charge in [0.2, 0.25) is 5.91 Å². The number of rotatable bonds is 4. The standard InChI is InChI=1S/C19H17N5O2/c1-12-16(7-5-8-17(12)24-11-20-22-23-24)21-19(25)10-15-13(2)26-18-9-4-3-6-14(15)18/h3-9,11H,10H2,1-2H3,(H,21,25). The van der Waals surface area contributed by atoms with E-state index in [0.717, 1.165) is 39.2 Å². The molecule has 0 bridgehead atoms. The third-order valence-corrected chi connectivity index (χ3v) is 4.41. The maximum absolute atomic E-state index is 12.6. The zero-order valence-corrected chi connectivity index (χ0v) is 14.4. The van der Waals surface area contributed by atoms with Crippen molar-refractivity contribution in [3.05, 3.63) is 65.7 Å². The Kier molecular flexibility index (Phi) is 3.96. The summed E-state index contributed by atoms with van der Waals surface area (Å²) in [5.41, 5.74) is 4.14. The monoisotopic (exact) mass is 347 g/mol. The van der Waals surface area contributed by atoms with Crippen molar-refractivity contribution < 1.29 is 9.21 Å². The maximum atomic E-state index is 12.6. The van der Waals surface area contributed by atoms with Crippen molar-refractivity contribution in [2.24, 2.45) is 0 Å². The molecule has 0 saturated heterocycles. The number of fused-ring (bicyclic) bond motifs is 1. The van der Waals surface area contributed by atoms with Crippen LogP contribution in [0.5, 0.6) is 0 Å². The van der Waals surface area contributed by atoms with E-state index in [4.69, 9.17) is 4.42 Å². The molecule has 0 atom stereocenters. The van der Waals surface area contributed by atoms with Gasteiger partial charge in [-0.2, -0.15) is 0 Å². The lowest BCUT2D eigenvalue weighted by atomic mass is 10.1. The summed E-state index contributed by atoms with van der Waals surface area (Å²) >= 11 is 0. The predicted octanol–water partition coefficient (Wildman–Crippen LogP) is 3.21. The number of aromatic nitrogens is 4. The van der Waals surface area contributed by atoms with Crippen molar-refractivity contribution >= 4 is 22.6 Å². The Hall–Kier alpha value is -3.48. The lowest BCUT2D eigenvalue weighted by Gasteiger charge is -2.12. The minimum absolute atomic E-state index is 0.100. The van der Waals surface area contributed by atoms with E-state index < -0.39 is 0 Å². The second-order valence-corrected chi connectivity index (χ2v) is 6.06. The Morgan fingerprint density at radius 2 is 2.00 bits per heavy atom. The summed E-state index contributed by atoms with van der Waals surface area (Å²) < 4.78 is 7.30. The van der Waals surface area contributed by atoms with Crippen LogP contribution in [0.3, 0.4) is 0 Å². The summed E-state index contributed by atoms with van der Waals surface area (Å²) in [6.45, 7) is 3.80. The van der Waals surface area contributed by atoms with E-state index in [1.165, 1.54) is 6.33 Å². The van der Waals surface area contributed by atoms with E-state index in [9.17, 15) is 4.79 Å². The number of furan rings is 1. The van der Waals surface area contributed by atoms with Gasteiger partial charge in [-0.15, -0.1) is 5.10 Å². The quantitative estimate of drug-likeness (QED) is 0.613. The highest BCUT2D eigenvalue weighted by Crippen LogP contribution is 2.26. The highest BCUT2D eigenvalue weighted by Gasteiger charge is 2.15. The van der Waals surface area contributed by atoms with Crippen LogP contribution in [0, 0.1) is 13.8 Å². The topological polar surface area (TPSA) is 85.8 Å². The summed E-state index contributed by atoms with van der Waals surface area (Å²) in [7, 11) is 0. The zero-order chi connectivity index (χ0) is 18.1. The number of nitrogens with zero attached hydrogens (tertiary/aromatic N) is 4. The molecular weight excluding hydrogens is 330 g/mol. The van der Waals surface area contributed by atoms with Crippen molar-refractivity contribution in [2.75, 3.05) is 5.32 Å². The Bertz CT molecular complexity index is 1080. The van der Waals surface area contributed by atoms with Crippen LogP contribution in [-0.2, 0) is 11.2 Å². The molecule has 2 aromatic heterocycles. The second-order valence-electron chi connectivity index (χ2n) is 6.06. The molecule has 1 amide bonds. The van der Waals surface area contributed by atoms with E-state index in [-0.39, 0.29) is 12.3 Å². The fraction of sp³-hybridized carbons (Fsp3) is 0.158. The molecule has 0 radical (unpaired) electrons. The SMILES string of the molecule is Cc1oc2ccccc2c1CC(=O)Nc1cccc(-n2cnnn2)c1C. The first kappa shape index (κ1) is 16.0. The van der Waals surface area contributed by atoms with Crippen LogP contribution in [0.2, 0.25) is 0 Å². The van der Waals surface area contributed by atoms with Gasteiger partial charge >= 0.3 is 0 Å². The van der Waals surface area contributed by atoms with Crippen LogP contribution in [0.1, 0.15) is 16.9 Å². The van der Waals surface area contributed by atoms with E-state index in [1.54, 1.807) is 4.68 Å². The number of hydrogen-bond acceptors (Lipinski definition) is 5. The summed E-state index contributed by atoms with van der Waals surface area (Å²) in [6.07, 6.45) is 1.77. The molecule has 4 aromatic rings. The Morgan fingerprint density at radius 1 is 1.15 bits per heavy atom. The van der Waals surface area contributed by atoms with Crippen LogP contribution in [0.4, 0.5) is 5.69 Å². The molecule has 130 valence electrons. The third kappa shape index (κ3) is 2.83. The number of benzene rings is 2. The van der Waals surface area contributed by atoms with Gasteiger partial charge in [-0.3, -0.25) is 4.79 Å². The first-order chi connectivity index (χ1) is 12.6. The first-order valence-corrected chi connectivity index (χ1v) is 8.23. The van der Waals surface area contributed by atoms with Crippen molar-refractivity contribution in [3.8, 4) is 5.69 Å². The highest BCUT2D eigenvalue weighted by molar-refractivity contribution is 5.96. The summed E-state index contributed by atoms with van der Waals surface area (Å²) in [6, 6.07) is 13.4. The number of carbonyl (C=O) groups is 1. The maximum Gasteiger partial charge on any atom is 0.228 e. The smallest absolute Gasteiger partial charge is 0.228 e. The normalized spacial score (nSPS) is 11.0. The molecule has 0 fully saturated rings. The van der Waals surface area contributed by atoms with E-state index in [1.807, 2.05) is 56.3 Å². The van der Waals surface area contributed by atoms with E-state index in [0.29, 0.717) is 0 Å². The van der Waals surface area contributed by atoms with E-state index in [2.05, 4.69) is 20.8 Å². The largest absolute Gasteiger partial charge is 0.461 e. The van der Waals surface area contributed by atoms with Gasteiger partial charge in [-0.25, -0.2) is 4.68 Å². The minimum Gasteiger partial charge on any atom is -0.461 e. The molecule has 0 unspecified atom stereocenters. The summed E-state index contributed by atoms with van der Waals surface area (Å²) in [5, 5.41) is 15.2. The second kappa shape index (κ2) is 6.44. The van der Waals surface area contributed by atoms with Gasteiger partial charge in [0.25, 0.3) is 0 Å². The number of hydrogen-bond donors (Lipinski definition) is 1. The number of anilines is 1. The van der Waals surface area contributed by atoms with Gasteiger partial charge < -0.3 is 9.73 Å². The number of amides is 1. The van der Waals surface area contributed by atoms with Crippen LogP contribution in [0.15, 0.2) is 53.2 Å². The van der Waals surface area contributed by atoms with E-state index >= 15 is 0 Å². The van der Waals surface area contributed by atoms with Gasteiger partial charge in [-0.1, -0.05) is 24.3 Å². The lowest BCUT2D eigenvalue weighted by molar-refractivity contribution is -0.115. The molecule has 0 saturated carbocycles. The Labute approximate surface area is 149 Å². The van der Waals surface area contributed by atoms with Crippen LogP contribution < -0.4 is 5.32 Å². The molecule has 2 heterocycles. The van der Waals surface area contributed by atoms with Gasteiger partial charge in [0.1, 0.15) is 17.7 Å². The molecule has 0 spiro atoms. The number of para-hydroxylation sites is 1. The van der Waals surface area contributed by atoms with Gasteiger partial charge in [0.15, 0.2) is 0 Å². The highest BCUT2D eigenvalue weighted by atomic mass is 16.3. The summed E-state index contributed by atoms with van der Waals surface area (Å²) in [5.74, 6) is 0.664. The molecule has 0 aliphatic heterocycles. The zero-order valence-electron chi connectivity index (χ0n) is 14.4. The number of aryl methyl sites for hydroxylation is 1. The molecule has 26 heavy (non-hydrogen) atoms. The van der Waals surface area contributed by atoms with Crippen molar-refractivity contribution in [1.82, 2.24) is 20.2 Å². The fourth-order valence-electron chi connectivity index (χ4n) is 3.07. The molecule has 7 nitrogen and oxygen atoms in total. The Morgan fingerprint density at radius 3 is 2.81 bits per heavy atom. The van der Waals surface area contributed by atoms with Crippen LogP contribution >= 0.6 is 0 Å². The molecule has 1 N–H and O–H groups in total. The number of carbonyl (C=O) groups excluding carboxylic acids is 1. The van der Waals surface area contributed by atoms with Crippen molar-refractivity contribution in [3.63, 3.8) is 0 Å². The molecular formula is C19H17N5O2. The fourth-order valence-corrected chi connectivity index (χ4v) is 3.07. The molecule has 0 aliphatic carbocycles. The number of tetrazole rings is 1. The summed E-state index contributed by atoms with van der Waals surface area (Å²) in [4.78, 5) is 12.6. The average Bonchev–Trinajstić information content (AvgIpc) is 3.26. The van der Waals surface area contributed by atoms with Gasteiger partial charge in [0, 0.05) is 16.6 Å².